The zero-order valence-electron chi connectivity index (χ0n) is 19.0. The van der Waals surface area contributed by atoms with E-state index in [0.29, 0.717) is 12.4 Å². The fourth-order valence-corrected chi connectivity index (χ4v) is 4.01. The van der Waals surface area contributed by atoms with E-state index in [0.717, 1.165) is 76.6 Å². The minimum atomic E-state index is 0.617. The minimum absolute atomic E-state index is 0.617. The van der Waals surface area contributed by atoms with Gasteiger partial charge in [-0.2, -0.15) is 0 Å². The lowest BCUT2D eigenvalue weighted by Crippen LogP contribution is -2.46. The molecule has 2 N–H and O–H groups in total. The summed E-state index contributed by atoms with van der Waals surface area (Å²) in [6.07, 6.45) is 2.99. The molecule has 1 saturated heterocycles. The summed E-state index contributed by atoms with van der Waals surface area (Å²) < 4.78 is 17.4. The van der Waals surface area contributed by atoms with Gasteiger partial charge in [-0.1, -0.05) is 30.3 Å². The number of methoxy groups -OCH3 is 2. The molecule has 0 bridgehead atoms. The van der Waals surface area contributed by atoms with Gasteiger partial charge in [0.2, 0.25) is 5.75 Å². The molecule has 31 heavy (non-hydrogen) atoms. The Hall–Kier alpha value is -2.28. The Morgan fingerprint density at radius 1 is 0.839 bits per heavy atom. The normalized spacial score (nSPS) is 15.1. The van der Waals surface area contributed by atoms with Crippen LogP contribution >= 0.6 is 0 Å². The second-order valence-corrected chi connectivity index (χ2v) is 8.03. The third kappa shape index (κ3) is 7.13. The zero-order valence-corrected chi connectivity index (χ0v) is 19.0. The van der Waals surface area contributed by atoms with Gasteiger partial charge in [0, 0.05) is 32.7 Å². The van der Waals surface area contributed by atoms with Gasteiger partial charge in [0.05, 0.1) is 20.8 Å². The molecule has 0 spiro atoms. The number of nitrogens with two attached hydrogens (primary N) is 1. The van der Waals surface area contributed by atoms with Crippen molar-refractivity contribution in [3.05, 3.63) is 53.6 Å². The summed E-state index contributed by atoms with van der Waals surface area (Å²) in [7, 11) is 3.37. The van der Waals surface area contributed by atoms with E-state index in [4.69, 9.17) is 19.9 Å². The molecule has 0 atom stereocenters. The highest BCUT2D eigenvalue weighted by Crippen LogP contribution is 2.39. The van der Waals surface area contributed by atoms with Gasteiger partial charge in [-0.15, -0.1) is 0 Å². The first kappa shape index (κ1) is 23.4. The molecule has 2 aromatic carbocycles. The monoisotopic (exact) mass is 427 g/mol. The highest BCUT2D eigenvalue weighted by Gasteiger charge is 2.19. The van der Waals surface area contributed by atoms with E-state index >= 15 is 0 Å². The van der Waals surface area contributed by atoms with Gasteiger partial charge in [-0.3, -0.25) is 4.90 Å². The van der Waals surface area contributed by atoms with E-state index in [1.807, 2.05) is 6.07 Å². The first-order valence-electron chi connectivity index (χ1n) is 11.3. The molecular formula is C25H37N3O3. The van der Waals surface area contributed by atoms with Crippen molar-refractivity contribution < 1.29 is 14.2 Å². The summed E-state index contributed by atoms with van der Waals surface area (Å²) in [6.45, 7) is 7.67. The summed E-state index contributed by atoms with van der Waals surface area (Å²) >= 11 is 0. The van der Waals surface area contributed by atoms with Gasteiger partial charge in [0.15, 0.2) is 11.5 Å². The number of hydrogen-bond donors (Lipinski definition) is 1. The molecule has 0 unspecified atom stereocenters. The smallest absolute Gasteiger partial charge is 0.203 e. The number of benzene rings is 2. The maximum Gasteiger partial charge on any atom is 0.203 e. The Labute approximate surface area is 186 Å². The van der Waals surface area contributed by atoms with Crippen LogP contribution in [0.25, 0.3) is 0 Å². The molecule has 6 heteroatoms. The summed E-state index contributed by atoms with van der Waals surface area (Å²) in [5, 5.41) is 0. The van der Waals surface area contributed by atoms with Crippen molar-refractivity contribution >= 4 is 0 Å². The summed E-state index contributed by atoms with van der Waals surface area (Å²) in [5.41, 5.74) is 8.14. The second kappa shape index (κ2) is 12.5. The van der Waals surface area contributed by atoms with Crippen LogP contribution in [0.4, 0.5) is 0 Å². The maximum absolute atomic E-state index is 6.09. The molecule has 0 saturated carbocycles. The highest BCUT2D eigenvalue weighted by molar-refractivity contribution is 5.54. The molecule has 1 heterocycles. The number of ether oxygens (including phenoxy) is 3. The average Bonchev–Trinajstić information content (AvgIpc) is 2.82. The first-order chi connectivity index (χ1) is 15.2. The quantitative estimate of drug-likeness (QED) is 0.525. The van der Waals surface area contributed by atoms with Crippen molar-refractivity contribution in [2.45, 2.75) is 25.8 Å². The molecule has 170 valence electrons. The molecule has 0 aliphatic carbocycles. The Balaban J connectivity index is 1.56. The molecule has 2 aromatic rings. The van der Waals surface area contributed by atoms with Gasteiger partial charge in [0.1, 0.15) is 0 Å². The van der Waals surface area contributed by atoms with Crippen molar-refractivity contribution in [2.24, 2.45) is 5.73 Å². The van der Waals surface area contributed by atoms with Crippen LogP contribution in [0.3, 0.4) is 0 Å². The van der Waals surface area contributed by atoms with Crippen molar-refractivity contribution in [2.75, 3.05) is 60.1 Å². The Morgan fingerprint density at radius 3 is 2.10 bits per heavy atom. The highest BCUT2D eigenvalue weighted by atomic mass is 16.5. The molecule has 6 nitrogen and oxygen atoms in total. The van der Waals surface area contributed by atoms with Gasteiger partial charge in [-0.25, -0.2) is 0 Å². The molecule has 3 rings (SSSR count). The average molecular weight is 428 g/mol. The topological polar surface area (TPSA) is 60.2 Å². The van der Waals surface area contributed by atoms with E-state index in [9.17, 15) is 0 Å². The molecular weight excluding hydrogens is 390 g/mol. The predicted octanol–water partition coefficient (Wildman–Crippen LogP) is 3.18. The van der Waals surface area contributed by atoms with Crippen molar-refractivity contribution in [3.63, 3.8) is 0 Å². The maximum atomic E-state index is 6.09. The van der Waals surface area contributed by atoms with E-state index in [1.165, 1.54) is 11.1 Å². The molecule has 1 aliphatic rings. The van der Waals surface area contributed by atoms with Crippen LogP contribution in [0.5, 0.6) is 17.2 Å². The van der Waals surface area contributed by atoms with Crippen molar-refractivity contribution in [1.82, 2.24) is 9.80 Å². The number of hydrogen-bond acceptors (Lipinski definition) is 6. The fraction of sp³-hybridized carbons (Fsp3) is 0.520. The first-order valence-corrected chi connectivity index (χ1v) is 11.3. The fourth-order valence-electron chi connectivity index (χ4n) is 4.01. The second-order valence-electron chi connectivity index (χ2n) is 8.03. The van der Waals surface area contributed by atoms with Crippen LogP contribution in [0.15, 0.2) is 42.5 Å². The van der Waals surface area contributed by atoms with E-state index < -0.39 is 0 Å². The van der Waals surface area contributed by atoms with Gasteiger partial charge >= 0.3 is 0 Å². The van der Waals surface area contributed by atoms with Gasteiger partial charge in [-0.05, 0) is 55.6 Å². The number of aryl methyl sites for hydroxylation is 1. The standard InChI is InChI=1S/C25H37N3O3/c1-29-23-18-22(20-28-15-13-27(14-16-28)12-7-11-26)19-24(30-2)25(23)31-17-6-10-21-8-4-3-5-9-21/h3-5,8-9,18-19H,6-7,10-17,20,26H2,1-2H3. The van der Waals surface area contributed by atoms with E-state index in [2.05, 4.69) is 46.2 Å². The SMILES string of the molecule is COc1cc(CN2CCN(CCCN)CC2)cc(OC)c1OCCCc1ccccc1. The number of rotatable bonds is 12. The number of piperazine rings is 1. The number of nitrogens with zero attached hydrogens (tertiary/aromatic N) is 2. The third-order valence-electron chi connectivity index (χ3n) is 5.77. The predicted molar refractivity (Wildman–Crippen MR) is 125 cm³/mol. The lowest BCUT2D eigenvalue weighted by Gasteiger charge is -2.34. The van der Waals surface area contributed by atoms with Crippen molar-refractivity contribution in [3.8, 4) is 17.2 Å². The molecule has 0 aromatic heterocycles. The van der Waals surface area contributed by atoms with Gasteiger partial charge in [0.25, 0.3) is 0 Å². The summed E-state index contributed by atoms with van der Waals surface area (Å²) in [4.78, 5) is 4.98. The van der Waals surface area contributed by atoms with Crippen LogP contribution in [-0.2, 0) is 13.0 Å². The minimum Gasteiger partial charge on any atom is -0.493 e. The van der Waals surface area contributed by atoms with Crippen LogP contribution in [0.2, 0.25) is 0 Å². The molecule has 0 radical (unpaired) electrons. The Morgan fingerprint density at radius 2 is 1.48 bits per heavy atom. The van der Waals surface area contributed by atoms with Crippen LogP contribution in [-0.4, -0.2) is 69.9 Å². The summed E-state index contributed by atoms with van der Waals surface area (Å²) in [5.74, 6) is 2.15. The van der Waals surface area contributed by atoms with Crippen LogP contribution in [0.1, 0.15) is 24.0 Å². The Kier molecular flexibility index (Phi) is 9.46. The summed E-state index contributed by atoms with van der Waals surface area (Å²) in [6, 6.07) is 14.6. The van der Waals surface area contributed by atoms with Gasteiger partial charge < -0.3 is 24.8 Å². The van der Waals surface area contributed by atoms with Crippen LogP contribution in [0, 0.1) is 0 Å². The van der Waals surface area contributed by atoms with Crippen LogP contribution < -0.4 is 19.9 Å². The lowest BCUT2D eigenvalue weighted by molar-refractivity contribution is 0.126. The molecule has 1 fully saturated rings. The molecule has 1 aliphatic heterocycles. The Bertz CT molecular complexity index is 752. The largest absolute Gasteiger partial charge is 0.493 e. The zero-order chi connectivity index (χ0) is 21.9. The lowest BCUT2D eigenvalue weighted by atomic mass is 10.1. The van der Waals surface area contributed by atoms with E-state index in [-0.39, 0.29) is 0 Å². The molecule has 0 amide bonds. The van der Waals surface area contributed by atoms with E-state index in [1.54, 1.807) is 14.2 Å². The third-order valence-corrected chi connectivity index (χ3v) is 5.77. The van der Waals surface area contributed by atoms with Crippen molar-refractivity contribution in [1.29, 1.82) is 0 Å².